The number of nitrogens with one attached hydrogen (secondary N) is 1. The van der Waals surface area contributed by atoms with Crippen LogP contribution in [-0.4, -0.2) is 29.8 Å². The van der Waals surface area contributed by atoms with E-state index in [2.05, 4.69) is 5.32 Å². The first-order valence-corrected chi connectivity index (χ1v) is 5.72. The molecule has 4 nitrogen and oxygen atoms in total. The van der Waals surface area contributed by atoms with E-state index in [-0.39, 0.29) is 11.6 Å². The van der Waals surface area contributed by atoms with Crippen molar-refractivity contribution in [1.82, 2.24) is 4.90 Å². The SMILES string of the molecule is Cc1cccc(NC(=O)N2COCC2(C)C)c1. The molecule has 0 radical (unpaired) electrons. The van der Waals surface area contributed by atoms with Crippen LogP contribution in [0.2, 0.25) is 0 Å². The van der Waals surface area contributed by atoms with Gasteiger partial charge in [-0.15, -0.1) is 0 Å². The fourth-order valence-corrected chi connectivity index (χ4v) is 1.89. The Labute approximate surface area is 102 Å². The number of rotatable bonds is 1. The van der Waals surface area contributed by atoms with Crippen LogP contribution in [0.15, 0.2) is 24.3 Å². The largest absolute Gasteiger partial charge is 0.359 e. The molecule has 4 heteroatoms. The molecule has 17 heavy (non-hydrogen) atoms. The summed E-state index contributed by atoms with van der Waals surface area (Å²) in [5.74, 6) is 0. The Morgan fingerprint density at radius 1 is 1.47 bits per heavy atom. The van der Waals surface area contributed by atoms with Gasteiger partial charge < -0.3 is 10.1 Å². The van der Waals surface area contributed by atoms with Gasteiger partial charge in [-0.1, -0.05) is 12.1 Å². The average molecular weight is 234 g/mol. The number of carbonyl (C=O) groups is 1. The first-order chi connectivity index (χ1) is 7.99. The standard InChI is InChI=1S/C13H18N2O2/c1-10-5-4-6-11(7-10)14-12(16)15-9-17-8-13(15,2)3/h4-7H,8-9H2,1-3H3,(H,14,16). The molecule has 0 saturated carbocycles. The summed E-state index contributed by atoms with van der Waals surface area (Å²) in [5.41, 5.74) is 1.70. The van der Waals surface area contributed by atoms with E-state index in [0.717, 1.165) is 11.3 Å². The molecule has 2 amide bonds. The summed E-state index contributed by atoms with van der Waals surface area (Å²) in [4.78, 5) is 13.8. The van der Waals surface area contributed by atoms with Gasteiger partial charge in [0.1, 0.15) is 6.73 Å². The number of ether oxygens (including phenoxy) is 1. The number of nitrogens with zero attached hydrogens (tertiary/aromatic N) is 1. The predicted octanol–water partition coefficient (Wildman–Crippen LogP) is 2.60. The summed E-state index contributed by atoms with van der Waals surface area (Å²) in [6.07, 6.45) is 0. The minimum absolute atomic E-state index is 0.113. The number of benzene rings is 1. The van der Waals surface area contributed by atoms with Gasteiger partial charge in [-0.3, -0.25) is 4.90 Å². The highest BCUT2D eigenvalue weighted by atomic mass is 16.5. The van der Waals surface area contributed by atoms with Crippen molar-refractivity contribution in [2.24, 2.45) is 0 Å². The highest BCUT2D eigenvalue weighted by molar-refractivity contribution is 5.90. The number of hydrogen-bond acceptors (Lipinski definition) is 2. The summed E-state index contributed by atoms with van der Waals surface area (Å²) in [7, 11) is 0. The van der Waals surface area contributed by atoms with Gasteiger partial charge in [0.25, 0.3) is 0 Å². The lowest BCUT2D eigenvalue weighted by Crippen LogP contribution is -2.46. The zero-order valence-electron chi connectivity index (χ0n) is 10.5. The molecule has 1 aromatic carbocycles. The molecule has 1 aliphatic rings. The van der Waals surface area contributed by atoms with Gasteiger partial charge in [0.05, 0.1) is 12.1 Å². The van der Waals surface area contributed by atoms with E-state index in [4.69, 9.17) is 4.74 Å². The summed E-state index contributed by atoms with van der Waals surface area (Å²) in [5, 5.41) is 2.89. The van der Waals surface area contributed by atoms with Crippen LogP contribution in [-0.2, 0) is 4.74 Å². The van der Waals surface area contributed by atoms with Crippen molar-refractivity contribution in [3.8, 4) is 0 Å². The number of carbonyl (C=O) groups excluding carboxylic acids is 1. The maximum absolute atomic E-state index is 12.1. The van der Waals surface area contributed by atoms with Crippen LogP contribution in [0.25, 0.3) is 0 Å². The molecule has 1 aliphatic heterocycles. The second-order valence-corrected chi connectivity index (χ2v) is 5.02. The Morgan fingerprint density at radius 2 is 2.24 bits per heavy atom. The number of amides is 2. The third-order valence-corrected chi connectivity index (χ3v) is 2.92. The van der Waals surface area contributed by atoms with Crippen molar-refractivity contribution in [2.75, 3.05) is 18.7 Å². The minimum Gasteiger partial charge on any atom is -0.359 e. The molecule has 0 bridgehead atoms. The van der Waals surface area contributed by atoms with Crippen molar-refractivity contribution in [2.45, 2.75) is 26.3 Å². The molecule has 92 valence electrons. The molecule has 1 saturated heterocycles. The number of hydrogen-bond donors (Lipinski definition) is 1. The number of aryl methyl sites for hydroxylation is 1. The van der Waals surface area contributed by atoms with Gasteiger partial charge in [-0.2, -0.15) is 0 Å². The molecule has 1 heterocycles. The fraction of sp³-hybridized carbons (Fsp3) is 0.462. The van der Waals surface area contributed by atoms with Gasteiger partial charge in [0, 0.05) is 5.69 Å². The Morgan fingerprint density at radius 3 is 2.82 bits per heavy atom. The van der Waals surface area contributed by atoms with Gasteiger partial charge in [0.2, 0.25) is 0 Å². The summed E-state index contributed by atoms with van der Waals surface area (Å²) >= 11 is 0. The molecule has 1 N–H and O–H groups in total. The second kappa shape index (κ2) is 4.37. The molecule has 0 aromatic heterocycles. The fourth-order valence-electron chi connectivity index (χ4n) is 1.89. The summed E-state index contributed by atoms with van der Waals surface area (Å²) < 4.78 is 5.32. The monoisotopic (exact) mass is 234 g/mol. The minimum atomic E-state index is -0.242. The molecule has 1 aromatic rings. The summed E-state index contributed by atoms with van der Waals surface area (Å²) in [6.45, 7) is 6.92. The van der Waals surface area contributed by atoms with Crippen LogP contribution in [0.3, 0.4) is 0 Å². The van der Waals surface area contributed by atoms with Crippen LogP contribution in [0.4, 0.5) is 10.5 Å². The van der Waals surface area contributed by atoms with Gasteiger partial charge in [-0.25, -0.2) is 4.79 Å². The maximum Gasteiger partial charge on any atom is 0.324 e. The van der Waals surface area contributed by atoms with E-state index in [1.165, 1.54) is 0 Å². The van der Waals surface area contributed by atoms with Crippen molar-refractivity contribution < 1.29 is 9.53 Å². The van der Waals surface area contributed by atoms with E-state index >= 15 is 0 Å². The van der Waals surface area contributed by atoms with Gasteiger partial charge >= 0.3 is 6.03 Å². The molecule has 1 fully saturated rings. The Hall–Kier alpha value is -1.55. The quantitative estimate of drug-likeness (QED) is 0.811. The smallest absolute Gasteiger partial charge is 0.324 e. The first kappa shape index (κ1) is 11.9. The molecular weight excluding hydrogens is 216 g/mol. The van der Waals surface area contributed by atoms with Crippen molar-refractivity contribution in [3.63, 3.8) is 0 Å². The Kier molecular flexibility index (Phi) is 3.07. The van der Waals surface area contributed by atoms with Crippen molar-refractivity contribution in [1.29, 1.82) is 0 Å². The van der Waals surface area contributed by atoms with Crippen molar-refractivity contribution >= 4 is 11.7 Å². The van der Waals surface area contributed by atoms with Crippen LogP contribution in [0.5, 0.6) is 0 Å². The molecule has 0 spiro atoms. The van der Waals surface area contributed by atoms with E-state index in [0.29, 0.717) is 13.3 Å². The second-order valence-electron chi connectivity index (χ2n) is 5.02. The third-order valence-electron chi connectivity index (χ3n) is 2.92. The van der Waals surface area contributed by atoms with Crippen LogP contribution < -0.4 is 5.32 Å². The third kappa shape index (κ3) is 2.58. The van der Waals surface area contributed by atoms with Gasteiger partial charge in [-0.05, 0) is 38.5 Å². The molecule has 0 unspecified atom stereocenters. The van der Waals surface area contributed by atoms with Crippen molar-refractivity contribution in [3.05, 3.63) is 29.8 Å². The lowest BCUT2D eigenvalue weighted by molar-refractivity contribution is 0.147. The molecular formula is C13H18N2O2. The van der Waals surface area contributed by atoms with E-state index < -0.39 is 0 Å². The number of anilines is 1. The zero-order valence-corrected chi connectivity index (χ0v) is 10.5. The molecule has 0 atom stereocenters. The normalized spacial score (nSPS) is 18.2. The van der Waals surface area contributed by atoms with Crippen LogP contribution >= 0.6 is 0 Å². The Balaban J connectivity index is 2.07. The topological polar surface area (TPSA) is 41.6 Å². The highest BCUT2D eigenvalue weighted by Crippen LogP contribution is 2.22. The van der Waals surface area contributed by atoms with E-state index in [1.807, 2.05) is 45.0 Å². The molecule has 2 rings (SSSR count). The van der Waals surface area contributed by atoms with E-state index in [1.54, 1.807) is 4.90 Å². The lowest BCUT2D eigenvalue weighted by atomic mass is 10.1. The molecule has 0 aliphatic carbocycles. The zero-order chi connectivity index (χ0) is 12.5. The lowest BCUT2D eigenvalue weighted by Gasteiger charge is -2.29. The highest BCUT2D eigenvalue weighted by Gasteiger charge is 2.36. The number of urea groups is 1. The average Bonchev–Trinajstić information content (AvgIpc) is 2.58. The van der Waals surface area contributed by atoms with Gasteiger partial charge in [0.15, 0.2) is 0 Å². The maximum atomic E-state index is 12.1. The summed E-state index contributed by atoms with van der Waals surface area (Å²) in [6, 6.07) is 7.64. The van der Waals surface area contributed by atoms with E-state index in [9.17, 15) is 4.79 Å². The predicted molar refractivity (Wildman–Crippen MR) is 66.9 cm³/mol. The Bertz CT molecular complexity index is 429. The van der Waals surface area contributed by atoms with Crippen LogP contribution in [0.1, 0.15) is 19.4 Å². The van der Waals surface area contributed by atoms with Crippen LogP contribution in [0, 0.1) is 6.92 Å². The first-order valence-electron chi connectivity index (χ1n) is 5.72.